The van der Waals surface area contributed by atoms with E-state index < -0.39 is 0 Å². The number of aryl methyl sites for hydroxylation is 2. The molecule has 1 aromatic carbocycles. The Morgan fingerprint density at radius 3 is 2.81 bits per heavy atom. The van der Waals surface area contributed by atoms with Crippen molar-refractivity contribution in [2.45, 2.75) is 26.8 Å². The Bertz CT molecular complexity index is 715. The summed E-state index contributed by atoms with van der Waals surface area (Å²) in [6, 6.07) is 8.52. The van der Waals surface area contributed by atoms with Crippen LogP contribution in [0.2, 0.25) is 5.02 Å². The number of halogens is 1. The van der Waals surface area contributed by atoms with Crippen LogP contribution >= 0.6 is 11.6 Å². The predicted molar refractivity (Wildman–Crippen MR) is 81.4 cm³/mol. The van der Waals surface area contributed by atoms with E-state index >= 15 is 0 Å². The number of amides is 1. The summed E-state index contributed by atoms with van der Waals surface area (Å²) in [6.45, 7) is 4.51. The summed E-state index contributed by atoms with van der Waals surface area (Å²) in [5.74, 6) is -0.291. The third-order valence-corrected chi connectivity index (χ3v) is 3.40. The van der Waals surface area contributed by atoms with Crippen LogP contribution in [0.15, 0.2) is 24.3 Å². The second-order valence-corrected chi connectivity index (χ2v) is 4.86. The predicted octanol–water partition coefficient (Wildman–Crippen LogP) is 3.24. The van der Waals surface area contributed by atoms with Crippen molar-refractivity contribution in [2.24, 2.45) is 0 Å². The van der Waals surface area contributed by atoms with E-state index in [0.29, 0.717) is 28.5 Å². The number of nitrogens with one attached hydrogen (secondary N) is 1. The van der Waals surface area contributed by atoms with Crippen LogP contribution in [-0.4, -0.2) is 15.7 Å². The largest absolute Gasteiger partial charge is 0.319 e. The lowest BCUT2D eigenvalue weighted by molar-refractivity contribution is 0.101. The number of anilines is 1. The van der Waals surface area contributed by atoms with Gasteiger partial charge in [0, 0.05) is 6.54 Å². The van der Waals surface area contributed by atoms with Crippen molar-refractivity contribution in [1.29, 1.82) is 5.26 Å². The fourth-order valence-corrected chi connectivity index (χ4v) is 2.11. The maximum absolute atomic E-state index is 12.4. The Balaban J connectivity index is 2.30. The standard InChI is InChI=1S/C15H15ClN4O/c1-3-11-8-14(20(4-2)19-11)15(21)18-13-7-10(9-17)5-6-12(13)16/h5-8H,3-4H2,1-2H3,(H,18,21). The topological polar surface area (TPSA) is 70.7 Å². The van der Waals surface area contributed by atoms with Gasteiger partial charge in [-0.3, -0.25) is 9.48 Å². The number of carbonyl (C=O) groups is 1. The van der Waals surface area contributed by atoms with Gasteiger partial charge in [-0.2, -0.15) is 10.4 Å². The second-order valence-electron chi connectivity index (χ2n) is 4.45. The normalized spacial score (nSPS) is 10.2. The SMILES string of the molecule is CCc1cc(C(=O)Nc2cc(C#N)ccc2Cl)n(CC)n1. The molecule has 108 valence electrons. The molecule has 0 spiro atoms. The van der Waals surface area contributed by atoms with E-state index in [0.717, 1.165) is 12.1 Å². The molecule has 21 heavy (non-hydrogen) atoms. The Morgan fingerprint density at radius 2 is 2.19 bits per heavy atom. The Hall–Kier alpha value is -2.32. The van der Waals surface area contributed by atoms with Crippen molar-refractivity contribution < 1.29 is 4.79 Å². The van der Waals surface area contributed by atoms with Crippen molar-refractivity contribution >= 4 is 23.2 Å². The Labute approximate surface area is 128 Å². The zero-order chi connectivity index (χ0) is 15.4. The molecule has 0 atom stereocenters. The zero-order valence-corrected chi connectivity index (χ0v) is 12.6. The van der Waals surface area contributed by atoms with E-state index in [2.05, 4.69) is 10.4 Å². The van der Waals surface area contributed by atoms with Gasteiger partial charge in [-0.15, -0.1) is 0 Å². The molecule has 0 bridgehead atoms. The fourth-order valence-electron chi connectivity index (χ4n) is 1.94. The summed E-state index contributed by atoms with van der Waals surface area (Å²) in [7, 11) is 0. The Morgan fingerprint density at radius 1 is 1.43 bits per heavy atom. The number of aromatic nitrogens is 2. The monoisotopic (exact) mass is 302 g/mol. The van der Waals surface area contributed by atoms with Crippen molar-refractivity contribution in [3.63, 3.8) is 0 Å². The lowest BCUT2D eigenvalue weighted by Crippen LogP contribution is -2.17. The average molecular weight is 303 g/mol. The van der Waals surface area contributed by atoms with E-state index in [1.807, 2.05) is 19.9 Å². The smallest absolute Gasteiger partial charge is 0.273 e. The molecule has 2 aromatic rings. The summed E-state index contributed by atoms with van der Waals surface area (Å²) < 4.78 is 1.65. The quantitative estimate of drug-likeness (QED) is 0.942. The summed E-state index contributed by atoms with van der Waals surface area (Å²) in [6.07, 6.45) is 0.762. The molecular weight excluding hydrogens is 288 g/mol. The molecule has 1 amide bonds. The van der Waals surface area contributed by atoms with Gasteiger partial charge >= 0.3 is 0 Å². The molecule has 1 aromatic heterocycles. The molecule has 6 heteroatoms. The van der Waals surface area contributed by atoms with Crippen molar-refractivity contribution in [1.82, 2.24) is 9.78 Å². The number of carbonyl (C=O) groups excluding carboxylic acids is 1. The van der Waals surface area contributed by atoms with Gasteiger partial charge in [-0.05, 0) is 37.6 Å². The molecule has 0 aliphatic heterocycles. The molecule has 1 heterocycles. The highest BCUT2D eigenvalue weighted by Crippen LogP contribution is 2.23. The van der Waals surface area contributed by atoms with Gasteiger partial charge in [-0.25, -0.2) is 0 Å². The highest BCUT2D eigenvalue weighted by Gasteiger charge is 2.15. The van der Waals surface area contributed by atoms with E-state index in [9.17, 15) is 4.79 Å². The van der Waals surface area contributed by atoms with Crippen LogP contribution in [0.25, 0.3) is 0 Å². The van der Waals surface area contributed by atoms with Gasteiger partial charge < -0.3 is 5.32 Å². The Kier molecular flexibility index (Phi) is 4.61. The second kappa shape index (κ2) is 6.42. The average Bonchev–Trinajstić information content (AvgIpc) is 2.93. The van der Waals surface area contributed by atoms with Gasteiger partial charge in [0.05, 0.1) is 28.0 Å². The number of rotatable bonds is 4. The minimum Gasteiger partial charge on any atom is -0.319 e. The van der Waals surface area contributed by atoms with Crippen molar-refractivity contribution in [2.75, 3.05) is 5.32 Å². The van der Waals surface area contributed by atoms with Crippen LogP contribution in [0, 0.1) is 11.3 Å². The number of nitriles is 1. The van der Waals surface area contributed by atoms with E-state index in [4.69, 9.17) is 16.9 Å². The third-order valence-electron chi connectivity index (χ3n) is 3.07. The lowest BCUT2D eigenvalue weighted by Gasteiger charge is -2.08. The van der Waals surface area contributed by atoms with E-state index in [1.165, 1.54) is 0 Å². The van der Waals surface area contributed by atoms with Crippen LogP contribution in [-0.2, 0) is 13.0 Å². The fraction of sp³-hybridized carbons (Fsp3) is 0.267. The number of benzene rings is 1. The molecule has 0 aliphatic rings. The zero-order valence-electron chi connectivity index (χ0n) is 11.9. The summed E-state index contributed by atoms with van der Waals surface area (Å²) in [4.78, 5) is 12.4. The number of hydrogen-bond acceptors (Lipinski definition) is 3. The van der Waals surface area contributed by atoms with Gasteiger partial charge in [0.25, 0.3) is 5.91 Å². The first-order chi connectivity index (χ1) is 10.1. The first-order valence-corrected chi connectivity index (χ1v) is 7.04. The van der Waals surface area contributed by atoms with Crippen molar-refractivity contribution in [3.8, 4) is 6.07 Å². The van der Waals surface area contributed by atoms with Crippen LogP contribution in [0.3, 0.4) is 0 Å². The van der Waals surface area contributed by atoms with E-state index in [-0.39, 0.29) is 5.91 Å². The van der Waals surface area contributed by atoms with Gasteiger partial charge in [-0.1, -0.05) is 18.5 Å². The molecule has 0 radical (unpaired) electrons. The first-order valence-electron chi connectivity index (χ1n) is 6.66. The highest BCUT2D eigenvalue weighted by molar-refractivity contribution is 6.34. The van der Waals surface area contributed by atoms with Crippen LogP contribution in [0.4, 0.5) is 5.69 Å². The molecule has 1 N–H and O–H groups in total. The van der Waals surface area contributed by atoms with Crippen LogP contribution in [0.5, 0.6) is 0 Å². The maximum Gasteiger partial charge on any atom is 0.273 e. The number of hydrogen-bond donors (Lipinski definition) is 1. The number of nitrogens with zero attached hydrogens (tertiary/aromatic N) is 3. The molecule has 0 saturated carbocycles. The summed E-state index contributed by atoms with van der Waals surface area (Å²) in [5, 5.41) is 16.4. The molecule has 0 fully saturated rings. The molecular formula is C15H15ClN4O. The minimum atomic E-state index is -0.291. The molecule has 0 unspecified atom stereocenters. The van der Waals surface area contributed by atoms with Gasteiger partial charge in [0.2, 0.25) is 0 Å². The van der Waals surface area contributed by atoms with Gasteiger partial charge in [0.1, 0.15) is 5.69 Å². The molecule has 0 saturated heterocycles. The van der Waals surface area contributed by atoms with Gasteiger partial charge in [0.15, 0.2) is 0 Å². The van der Waals surface area contributed by atoms with Crippen LogP contribution < -0.4 is 5.32 Å². The third kappa shape index (κ3) is 3.23. The van der Waals surface area contributed by atoms with Crippen LogP contribution in [0.1, 0.15) is 35.6 Å². The first kappa shape index (κ1) is 15.1. The summed E-state index contributed by atoms with van der Waals surface area (Å²) >= 11 is 6.04. The minimum absolute atomic E-state index is 0.291. The summed E-state index contributed by atoms with van der Waals surface area (Å²) in [5.41, 5.74) is 2.20. The van der Waals surface area contributed by atoms with Crippen molar-refractivity contribution in [3.05, 3.63) is 46.2 Å². The highest BCUT2D eigenvalue weighted by atomic mass is 35.5. The maximum atomic E-state index is 12.4. The molecule has 2 rings (SSSR count). The molecule has 0 aliphatic carbocycles. The lowest BCUT2D eigenvalue weighted by atomic mass is 10.2. The van der Waals surface area contributed by atoms with E-state index in [1.54, 1.807) is 28.9 Å². The molecule has 5 nitrogen and oxygen atoms in total.